The lowest BCUT2D eigenvalue weighted by molar-refractivity contribution is -0.114. The molecule has 0 aliphatic rings. The van der Waals surface area contributed by atoms with Crippen LogP contribution in [0.4, 0.5) is 11.4 Å². The fourth-order valence-electron chi connectivity index (χ4n) is 2.62. The summed E-state index contributed by atoms with van der Waals surface area (Å²) in [5.74, 6) is -0.575. The molecule has 4 N–H and O–H groups in total. The lowest BCUT2D eigenvalue weighted by Gasteiger charge is -2.20. The monoisotopic (exact) mass is 410 g/mol. The van der Waals surface area contributed by atoms with Crippen LogP contribution in [0.25, 0.3) is 0 Å². The molecule has 0 spiro atoms. The summed E-state index contributed by atoms with van der Waals surface area (Å²) in [4.78, 5) is 36.5. The van der Waals surface area contributed by atoms with Gasteiger partial charge in [0.15, 0.2) is 0 Å². The average molecular weight is 411 g/mol. The van der Waals surface area contributed by atoms with Crippen LogP contribution in [0.3, 0.4) is 0 Å². The molecule has 160 valence electrons. The molecule has 0 aromatic heterocycles. The topological polar surface area (TPSA) is 99.3 Å². The molecule has 0 aliphatic heterocycles. The van der Waals surface area contributed by atoms with Crippen molar-refractivity contribution >= 4 is 29.1 Å². The number of rotatable bonds is 7. The summed E-state index contributed by atoms with van der Waals surface area (Å²) in [6.07, 6.45) is 0. The first-order valence-corrected chi connectivity index (χ1v) is 9.91. The molecule has 0 heterocycles. The zero-order valence-corrected chi connectivity index (χ0v) is 18.1. The van der Waals surface area contributed by atoms with Crippen molar-refractivity contribution in [3.8, 4) is 0 Å². The summed E-state index contributed by atoms with van der Waals surface area (Å²) in [6.45, 7) is 9.59. The SMILES string of the molecule is CC(C)NC(=O)c1cccc(NC(=O)CNc2ccc(C(=O)NC(C)(C)C)cc2)c1. The first kappa shape index (κ1) is 22.9. The van der Waals surface area contributed by atoms with Crippen molar-refractivity contribution in [2.45, 2.75) is 46.2 Å². The van der Waals surface area contributed by atoms with Gasteiger partial charge in [-0.2, -0.15) is 0 Å². The maximum Gasteiger partial charge on any atom is 0.251 e. The molecule has 0 radical (unpaired) electrons. The minimum atomic E-state index is -0.307. The smallest absolute Gasteiger partial charge is 0.251 e. The molecule has 7 nitrogen and oxygen atoms in total. The summed E-state index contributed by atoms with van der Waals surface area (Å²) in [5.41, 5.74) is 2.00. The van der Waals surface area contributed by atoms with E-state index in [0.29, 0.717) is 16.8 Å². The maximum atomic E-state index is 12.2. The molecule has 7 heteroatoms. The molecular formula is C23H30N4O3. The van der Waals surface area contributed by atoms with Gasteiger partial charge in [0.25, 0.3) is 11.8 Å². The van der Waals surface area contributed by atoms with E-state index in [0.717, 1.165) is 5.69 Å². The Morgan fingerprint density at radius 2 is 1.53 bits per heavy atom. The number of nitrogens with one attached hydrogen (secondary N) is 4. The third kappa shape index (κ3) is 7.58. The Hall–Kier alpha value is -3.35. The Morgan fingerprint density at radius 1 is 0.867 bits per heavy atom. The number of benzene rings is 2. The van der Waals surface area contributed by atoms with Crippen LogP contribution < -0.4 is 21.3 Å². The lowest BCUT2D eigenvalue weighted by atomic mass is 10.1. The van der Waals surface area contributed by atoms with Gasteiger partial charge in [0.1, 0.15) is 0 Å². The van der Waals surface area contributed by atoms with Crippen LogP contribution in [0, 0.1) is 0 Å². The van der Waals surface area contributed by atoms with Gasteiger partial charge in [-0.15, -0.1) is 0 Å². The van der Waals surface area contributed by atoms with Gasteiger partial charge >= 0.3 is 0 Å². The van der Waals surface area contributed by atoms with Crippen LogP contribution in [-0.2, 0) is 4.79 Å². The van der Waals surface area contributed by atoms with Gasteiger partial charge in [-0.1, -0.05) is 6.07 Å². The number of carbonyl (C=O) groups is 3. The number of carbonyl (C=O) groups excluding carboxylic acids is 3. The Kier molecular flexibility index (Phi) is 7.58. The first-order valence-electron chi connectivity index (χ1n) is 9.91. The third-order valence-electron chi connectivity index (χ3n) is 3.92. The van der Waals surface area contributed by atoms with E-state index in [9.17, 15) is 14.4 Å². The summed E-state index contributed by atoms with van der Waals surface area (Å²) in [6, 6.07) is 13.7. The van der Waals surface area contributed by atoms with Gasteiger partial charge in [0.2, 0.25) is 5.91 Å². The quantitative estimate of drug-likeness (QED) is 0.562. The van der Waals surface area contributed by atoms with Gasteiger partial charge in [0.05, 0.1) is 6.54 Å². The highest BCUT2D eigenvalue weighted by Crippen LogP contribution is 2.13. The maximum absolute atomic E-state index is 12.2. The van der Waals surface area contributed by atoms with Crippen LogP contribution in [0.5, 0.6) is 0 Å². The van der Waals surface area contributed by atoms with E-state index >= 15 is 0 Å². The summed E-state index contributed by atoms with van der Waals surface area (Å²) in [5, 5.41) is 11.5. The molecule has 0 atom stereocenters. The van der Waals surface area contributed by atoms with Crippen molar-refractivity contribution in [3.63, 3.8) is 0 Å². The zero-order valence-electron chi connectivity index (χ0n) is 18.1. The van der Waals surface area contributed by atoms with Crippen LogP contribution >= 0.6 is 0 Å². The second-order valence-corrected chi connectivity index (χ2v) is 8.39. The van der Waals surface area contributed by atoms with Crippen molar-refractivity contribution in [2.24, 2.45) is 0 Å². The van der Waals surface area contributed by atoms with Crippen molar-refractivity contribution in [1.82, 2.24) is 10.6 Å². The molecule has 2 aromatic rings. The normalized spacial score (nSPS) is 11.0. The second-order valence-electron chi connectivity index (χ2n) is 8.39. The predicted molar refractivity (Wildman–Crippen MR) is 120 cm³/mol. The summed E-state index contributed by atoms with van der Waals surface area (Å²) in [7, 11) is 0. The molecule has 0 bridgehead atoms. The van der Waals surface area contributed by atoms with Crippen molar-refractivity contribution < 1.29 is 14.4 Å². The van der Waals surface area contributed by atoms with Gasteiger partial charge in [-0.3, -0.25) is 14.4 Å². The number of amides is 3. The predicted octanol–water partition coefficient (Wildman–Crippen LogP) is 3.40. The highest BCUT2D eigenvalue weighted by molar-refractivity contribution is 5.98. The fourth-order valence-corrected chi connectivity index (χ4v) is 2.62. The van der Waals surface area contributed by atoms with E-state index in [1.54, 1.807) is 48.5 Å². The van der Waals surface area contributed by atoms with Crippen LogP contribution in [0.15, 0.2) is 48.5 Å². The van der Waals surface area contributed by atoms with Crippen molar-refractivity contribution in [1.29, 1.82) is 0 Å². The number of anilines is 2. The Morgan fingerprint density at radius 3 is 2.13 bits per heavy atom. The summed E-state index contributed by atoms with van der Waals surface area (Å²) >= 11 is 0. The van der Waals surface area contributed by atoms with E-state index in [-0.39, 0.29) is 35.8 Å². The first-order chi connectivity index (χ1) is 14.0. The molecule has 0 saturated carbocycles. The molecule has 0 aliphatic carbocycles. The minimum absolute atomic E-state index is 0.0332. The highest BCUT2D eigenvalue weighted by atomic mass is 16.2. The van der Waals surface area contributed by atoms with E-state index in [1.165, 1.54) is 0 Å². The molecule has 2 rings (SSSR count). The number of hydrogen-bond acceptors (Lipinski definition) is 4. The van der Waals surface area contributed by atoms with E-state index in [4.69, 9.17) is 0 Å². The lowest BCUT2D eigenvalue weighted by Crippen LogP contribution is -2.40. The van der Waals surface area contributed by atoms with Gasteiger partial charge < -0.3 is 21.3 Å². The van der Waals surface area contributed by atoms with E-state index in [1.807, 2.05) is 34.6 Å². The Bertz CT molecular complexity index is 899. The third-order valence-corrected chi connectivity index (χ3v) is 3.92. The molecule has 0 fully saturated rings. The molecular weight excluding hydrogens is 380 g/mol. The molecule has 0 saturated heterocycles. The highest BCUT2D eigenvalue weighted by Gasteiger charge is 2.15. The molecule has 3 amide bonds. The fraction of sp³-hybridized carbons (Fsp3) is 0.348. The van der Waals surface area contributed by atoms with Gasteiger partial charge in [-0.05, 0) is 77.1 Å². The number of hydrogen-bond donors (Lipinski definition) is 4. The van der Waals surface area contributed by atoms with Gasteiger partial charge in [-0.25, -0.2) is 0 Å². The average Bonchev–Trinajstić information content (AvgIpc) is 2.65. The van der Waals surface area contributed by atoms with Gasteiger partial charge in [0, 0.05) is 34.1 Å². The molecule has 30 heavy (non-hydrogen) atoms. The van der Waals surface area contributed by atoms with Crippen LogP contribution in [0.2, 0.25) is 0 Å². The van der Waals surface area contributed by atoms with E-state index < -0.39 is 0 Å². The van der Waals surface area contributed by atoms with E-state index in [2.05, 4.69) is 21.3 Å². The standard InChI is InChI=1S/C23H30N4O3/c1-15(2)25-21(29)17-7-6-8-19(13-17)26-20(28)14-24-18-11-9-16(10-12-18)22(30)27-23(3,4)5/h6-13,15,24H,14H2,1-5H3,(H,25,29)(H,26,28)(H,27,30). The van der Waals surface area contributed by atoms with Crippen LogP contribution in [-0.4, -0.2) is 35.8 Å². The minimum Gasteiger partial charge on any atom is -0.376 e. The molecule has 0 unspecified atom stereocenters. The van der Waals surface area contributed by atoms with Crippen LogP contribution in [0.1, 0.15) is 55.3 Å². The van der Waals surface area contributed by atoms with Crippen molar-refractivity contribution in [3.05, 3.63) is 59.7 Å². The Balaban J connectivity index is 1.89. The Labute approximate surface area is 177 Å². The zero-order chi connectivity index (χ0) is 22.3. The summed E-state index contributed by atoms with van der Waals surface area (Å²) < 4.78 is 0. The molecule has 2 aromatic carbocycles. The largest absolute Gasteiger partial charge is 0.376 e. The van der Waals surface area contributed by atoms with Crippen molar-refractivity contribution in [2.75, 3.05) is 17.2 Å². The second kappa shape index (κ2) is 9.91.